The normalized spacial score (nSPS) is 10.9. The Hall–Kier alpha value is -2.04. The second kappa shape index (κ2) is 7.67. The zero-order valence-corrected chi connectivity index (χ0v) is 13.2. The summed E-state index contributed by atoms with van der Waals surface area (Å²) in [6.07, 6.45) is 0.883. The Kier molecular flexibility index (Phi) is 6.21. The molecule has 0 saturated carbocycles. The summed E-state index contributed by atoms with van der Waals surface area (Å²) < 4.78 is 5.22. The number of nitrogens with zero attached hydrogens (tertiary/aromatic N) is 1. The average Bonchev–Trinajstić information content (AvgIpc) is 2.37. The van der Waals surface area contributed by atoms with E-state index in [0.29, 0.717) is 19.4 Å². The van der Waals surface area contributed by atoms with Crippen LogP contribution in [0.25, 0.3) is 0 Å². The molecule has 0 aromatic heterocycles. The SMILES string of the molecule is CN(CCCC(=O)OC(C)(C)C)C(=O)Nc1ccccc1. The second-order valence-electron chi connectivity index (χ2n) is 5.91. The zero-order chi connectivity index (χ0) is 15.9. The second-order valence-corrected chi connectivity index (χ2v) is 5.91. The summed E-state index contributed by atoms with van der Waals surface area (Å²) in [6, 6.07) is 9.07. The maximum absolute atomic E-state index is 11.9. The fourth-order valence-corrected chi connectivity index (χ4v) is 1.70. The molecule has 0 saturated heterocycles. The van der Waals surface area contributed by atoms with Crippen LogP contribution in [0.2, 0.25) is 0 Å². The van der Waals surface area contributed by atoms with Crippen molar-refractivity contribution in [3.8, 4) is 0 Å². The number of carbonyl (C=O) groups is 2. The quantitative estimate of drug-likeness (QED) is 0.847. The fourth-order valence-electron chi connectivity index (χ4n) is 1.70. The number of hydrogen-bond acceptors (Lipinski definition) is 3. The summed E-state index contributed by atoms with van der Waals surface area (Å²) >= 11 is 0. The lowest BCUT2D eigenvalue weighted by Gasteiger charge is -2.20. The van der Waals surface area contributed by atoms with Gasteiger partial charge in [-0.3, -0.25) is 4.79 Å². The van der Waals surface area contributed by atoms with Crippen molar-refractivity contribution in [1.82, 2.24) is 4.90 Å². The number of anilines is 1. The number of ether oxygens (including phenoxy) is 1. The van der Waals surface area contributed by atoms with Gasteiger partial charge in [0.15, 0.2) is 0 Å². The number of esters is 1. The topological polar surface area (TPSA) is 58.6 Å². The molecule has 0 aliphatic carbocycles. The third kappa shape index (κ3) is 7.34. The molecular weight excluding hydrogens is 268 g/mol. The molecule has 21 heavy (non-hydrogen) atoms. The minimum Gasteiger partial charge on any atom is -0.460 e. The third-order valence-electron chi connectivity index (χ3n) is 2.67. The fraction of sp³-hybridized carbons (Fsp3) is 0.500. The van der Waals surface area contributed by atoms with Crippen molar-refractivity contribution >= 4 is 17.7 Å². The summed E-state index contributed by atoms with van der Waals surface area (Å²) in [5, 5.41) is 2.79. The van der Waals surface area contributed by atoms with Crippen LogP contribution in [0.1, 0.15) is 33.6 Å². The van der Waals surface area contributed by atoms with Gasteiger partial charge in [0.25, 0.3) is 0 Å². The van der Waals surface area contributed by atoms with E-state index in [2.05, 4.69) is 5.32 Å². The monoisotopic (exact) mass is 292 g/mol. The molecule has 0 fully saturated rings. The lowest BCUT2D eigenvalue weighted by Crippen LogP contribution is -2.32. The van der Waals surface area contributed by atoms with Crippen molar-refractivity contribution in [2.45, 2.75) is 39.2 Å². The van der Waals surface area contributed by atoms with E-state index in [-0.39, 0.29) is 12.0 Å². The van der Waals surface area contributed by atoms with Crippen LogP contribution in [-0.2, 0) is 9.53 Å². The highest BCUT2D eigenvalue weighted by molar-refractivity contribution is 5.89. The number of rotatable bonds is 5. The van der Waals surface area contributed by atoms with Gasteiger partial charge in [-0.25, -0.2) is 4.79 Å². The predicted molar refractivity (Wildman–Crippen MR) is 83.2 cm³/mol. The van der Waals surface area contributed by atoms with Gasteiger partial charge in [-0.2, -0.15) is 0 Å². The van der Waals surface area contributed by atoms with Gasteiger partial charge in [0.2, 0.25) is 0 Å². The summed E-state index contributed by atoms with van der Waals surface area (Å²) in [6.45, 7) is 6.01. The smallest absolute Gasteiger partial charge is 0.321 e. The molecule has 0 atom stereocenters. The van der Waals surface area contributed by atoms with E-state index in [9.17, 15) is 9.59 Å². The van der Waals surface area contributed by atoms with Crippen molar-refractivity contribution in [3.63, 3.8) is 0 Å². The Bertz CT molecular complexity index is 466. The molecule has 0 aliphatic heterocycles. The first-order chi connectivity index (χ1) is 9.78. The van der Waals surface area contributed by atoms with E-state index in [4.69, 9.17) is 4.74 Å². The van der Waals surface area contributed by atoms with Crippen LogP contribution in [0.4, 0.5) is 10.5 Å². The molecule has 0 radical (unpaired) electrons. The Morgan fingerprint density at radius 2 is 1.81 bits per heavy atom. The predicted octanol–water partition coefficient (Wildman–Crippen LogP) is 3.27. The Balaban J connectivity index is 2.29. The molecule has 1 aromatic rings. The highest BCUT2D eigenvalue weighted by Gasteiger charge is 2.16. The van der Waals surface area contributed by atoms with Gasteiger partial charge < -0.3 is 15.0 Å². The van der Waals surface area contributed by atoms with Gasteiger partial charge in [0, 0.05) is 25.7 Å². The number of hydrogen-bond donors (Lipinski definition) is 1. The van der Waals surface area contributed by atoms with E-state index in [1.807, 2.05) is 51.1 Å². The first-order valence-electron chi connectivity index (χ1n) is 7.07. The number of para-hydroxylation sites is 1. The lowest BCUT2D eigenvalue weighted by atomic mass is 10.2. The first kappa shape index (κ1) is 17.0. The molecule has 1 N–H and O–H groups in total. The van der Waals surface area contributed by atoms with Gasteiger partial charge in [0.05, 0.1) is 0 Å². The molecular formula is C16H24N2O3. The number of urea groups is 1. The molecule has 0 heterocycles. The van der Waals surface area contributed by atoms with Crippen molar-refractivity contribution in [2.24, 2.45) is 0 Å². The number of benzene rings is 1. The maximum Gasteiger partial charge on any atom is 0.321 e. The van der Waals surface area contributed by atoms with E-state index in [1.165, 1.54) is 0 Å². The Labute approximate surface area is 126 Å². The first-order valence-corrected chi connectivity index (χ1v) is 7.07. The molecule has 116 valence electrons. The Morgan fingerprint density at radius 3 is 2.38 bits per heavy atom. The summed E-state index contributed by atoms with van der Waals surface area (Å²) in [5.41, 5.74) is 0.287. The van der Waals surface area contributed by atoms with Crippen LogP contribution >= 0.6 is 0 Å². The molecule has 0 unspecified atom stereocenters. The summed E-state index contributed by atoms with van der Waals surface area (Å²) in [7, 11) is 1.70. The van der Waals surface area contributed by atoms with E-state index in [0.717, 1.165) is 5.69 Å². The minimum atomic E-state index is -0.465. The third-order valence-corrected chi connectivity index (χ3v) is 2.67. The average molecular weight is 292 g/mol. The lowest BCUT2D eigenvalue weighted by molar-refractivity contribution is -0.154. The maximum atomic E-state index is 11.9. The molecule has 0 aliphatic rings. The van der Waals surface area contributed by atoms with Gasteiger partial charge in [-0.15, -0.1) is 0 Å². The van der Waals surface area contributed by atoms with Gasteiger partial charge >= 0.3 is 12.0 Å². The standard InChI is InChI=1S/C16H24N2O3/c1-16(2,3)21-14(19)11-8-12-18(4)15(20)17-13-9-6-5-7-10-13/h5-7,9-10H,8,11-12H2,1-4H3,(H,17,20). The van der Waals surface area contributed by atoms with Crippen molar-refractivity contribution in [2.75, 3.05) is 18.9 Å². The number of nitrogens with one attached hydrogen (secondary N) is 1. The Morgan fingerprint density at radius 1 is 1.19 bits per heavy atom. The molecule has 5 nitrogen and oxygen atoms in total. The summed E-state index contributed by atoms with van der Waals surface area (Å²) in [4.78, 5) is 25.0. The number of amides is 2. The highest BCUT2D eigenvalue weighted by atomic mass is 16.6. The molecule has 5 heteroatoms. The van der Waals surface area contributed by atoms with Gasteiger partial charge in [0.1, 0.15) is 5.60 Å². The minimum absolute atomic E-state index is 0.189. The van der Waals surface area contributed by atoms with Gasteiger partial charge in [-0.1, -0.05) is 18.2 Å². The van der Waals surface area contributed by atoms with Crippen LogP contribution in [0.15, 0.2) is 30.3 Å². The summed E-state index contributed by atoms with van der Waals surface area (Å²) in [5.74, 6) is -0.237. The van der Waals surface area contributed by atoms with E-state index in [1.54, 1.807) is 11.9 Å². The largest absolute Gasteiger partial charge is 0.460 e. The molecule has 1 aromatic carbocycles. The van der Waals surface area contributed by atoms with Crippen LogP contribution in [-0.4, -0.2) is 36.1 Å². The van der Waals surface area contributed by atoms with Crippen LogP contribution < -0.4 is 5.32 Å². The van der Waals surface area contributed by atoms with Crippen LogP contribution in [0.5, 0.6) is 0 Å². The van der Waals surface area contributed by atoms with Crippen molar-refractivity contribution in [1.29, 1.82) is 0 Å². The van der Waals surface area contributed by atoms with E-state index >= 15 is 0 Å². The number of carbonyl (C=O) groups excluding carboxylic acids is 2. The molecule has 1 rings (SSSR count). The molecule has 2 amide bonds. The van der Waals surface area contributed by atoms with Crippen molar-refractivity contribution < 1.29 is 14.3 Å². The zero-order valence-electron chi connectivity index (χ0n) is 13.2. The van der Waals surface area contributed by atoms with Crippen LogP contribution in [0, 0.1) is 0 Å². The van der Waals surface area contributed by atoms with Gasteiger partial charge in [-0.05, 0) is 39.3 Å². The molecule has 0 bridgehead atoms. The van der Waals surface area contributed by atoms with Crippen molar-refractivity contribution in [3.05, 3.63) is 30.3 Å². The molecule has 0 spiro atoms. The van der Waals surface area contributed by atoms with Crippen LogP contribution in [0.3, 0.4) is 0 Å². The van der Waals surface area contributed by atoms with E-state index < -0.39 is 5.60 Å². The highest BCUT2D eigenvalue weighted by Crippen LogP contribution is 2.10.